The lowest BCUT2D eigenvalue weighted by molar-refractivity contribution is 0.409. The van der Waals surface area contributed by atoms with Crippen LogP contribution in [0, 0.1) is 20.8 Å². The Labute approximate surface area is 144 Å². The van der Waals surface area contributed by atoms with Gasteiger partial charge in [0.15, 0.2) is 5.11 Å². The highest BCUT2D eigenvalue weighted by Gasteiger charge is 2.04. The van der Waals surface area contributed by atoms with Crippen LogP contribution in [-0.2, 0) is 6.42 Å². The Morgan fingerprint density at radius 1 is 1.00 bits per heavy atom. The SMILES string of the molecule is COc1ccc(C)cc1CCNC(=S)Nc1cc(C)cc(C)c1. The Morgan fingerprint density at radius 2 is 1.70 bits per heavy atom. The predicted octanol–water partition coefficient (Wildman–Crippen LogP) is 4.15. The smallest absolute Gasteiger partial charge is 0.170 e. The van der Waals surface area contributed by atoms with Crippen LogP contribution in [0.3, 0.4) is 0 Å². The van der Waals surface area contributed by atoms with Crippen LogP contribution in [0.4, 0.5) is 5.69 Å². The molecule has 0 aromatic heterocycles. The van der Waals surface area contributed by atoms with E-state index in [1.54, 1.807) is 7.11 Å². The van der Waals surface area contributed by atoms with Crippen molar-refractivity contribution in [1.82, 2.24) is 5.32 Å². The fourth-order valence-corrected chi connectivity index (χ4v) is 2.86. The third-order valence-corrected chi connectivity index (χ3v) is 3.84. The quantitative estimate of drug-likeness (QED) is 0.808. The molecule has 0 radical (unpaired) electrons. The molecule has 0 aliphatic heterocycles. The normalized spacial score (nSPS) is 10.3. The van der Waals surface area contributed by atoms with Crippen LogP contribution < -0.4 is 15.4 Å². The van der Waals surface area contributed by atoms with Crippen molar-refractivity contribution in [2.24, 2.45) is 0 Å². The minimum atomic E-state index is 0.640. The number of benzene rings is 2. The van der Waals surface area contributed by atoms with Gasteiger partial charge in [-0.3, -0.25) is 0 Å². The highest BCUT2D eigenvalue weighted by molar-refractivity contribution is 7.80. The second-order valence-electron chi connectivity index (χ2n) is 5.82. The van der Waals surface area contributed by atoms with Gasteiger partial charge in [-0.2, -0.15) is 0 Å². The summed E-state index contributed by atoms with van der Waals surface area (Å²) >= 11 is 5.37. The van der Waals surface area contributed by atoms with E-state index in [-0.39, 0.29) is 0 Å². The van der Waals surface area contributed by atoms with Gasteiger partial charge in [0.25, 0.3) is 0 Å². The van der Waals surface area contributed by atoms with Crippen molar-refractivity contribution in [3.8, 4) is 5.75 Å². The van der Waals surface area contributed by atoms with Gasteiger partial charge in [-0.05, 0) is 74.3 Å². The van der Waals surface area contributed by atoms with E-state index in [4.69, 9.17) is 17.0 Å². The number of ether oxygens (including phenoxy) is 1. The molecule has 0 bridgehead atoms. The minimum Gasteiger partial charge on any atom is -0.496 e. The van der Waals surface area contributed by atoms with E-state index in [1.165, 1.54) is 22.3 Å². The Kier molecular flexibility index (Phi) is 5.99. The summed E-state index contributed by atoms with van der Waals surface area (Å²) < 4.78 is 5.40. The molecule has 0 amide bonds. The fourth-order valence-electron chi connectivity index (χ4n) is 2.64. The van der Waals surface area contributed by atoms with E-state index in [0.717, 1.165) is 24.4 Å². The highest BCUT2D eigenvalue weighted by Crippen LogP contribution is 2.19. The Hall–Kier alpha value is -2.07. The van der Waals surface area contributed by atoms with Crippen LogP contribution in [0.5, 0.6) is 5.75 Å². The zero-order chi connectivity index (χ0) is 16.8. The fraction of sp³-hybridized carbons (Fsp3) is 0.316. The Balaban J connectivity index is 1.89. The Bertz CT molecular complexity index is 678. The molecule has 2 rings (SSSR count). The van der Waals surface area contributed by atoms with Gasteiger partial charge in [0.2, 0.25) is 0 Å². The summed E-state index contributed by atoms with van der Waals surface area (Å²) in [5, 5.41) is 7.13. The predicted molar refractivity (Wildman–Crippen MR) is 102 cm³/mol. The van der Waals surface area contributed by atoms with E-state index < -0.39 is 0 Å². The minimum absolute atomic E-state index is 0.640. The molecule has 0 aliphatic carbocycles. The number of rotatable bonds is 5. The largest absolute Gasteiger partial charge is 0.496 e. The summed E-state index contributed by atoms with van der Waals surface area (Å²) in [5.41, 5.74) is 5.89. The van der Waals surface area contributed by atoms with Crippen molar-refractivity contribution in [3.05, 3.63) is 58.7 Å². The number of hydrogen-bond donors (Lipinski definition) is 2. The van der Waals surface area contributed by atoms with Crippen molar-refractivity contribution in [1.29, 1.82) is 0 Å². The summed E-state index contributed by atoms with van der Waals surface area (Å²) in [6.45, 7) is 7.01. The van der Waals surface area contributed by atoms with Gasteiger partial charge in [-0.1, -0.05) is 23.8 Å². The molecule has 4 heteroatoms. The number of aryl methyl sites for hydroxylation is 3. The van der Waals surface area contributed by atoms with Crippen molar-refractivity contribution in [2.75, 3.05) is 19.0 Å². The van der Waals surface area contributed by atoms with Crippen molar-refractivity contribution in [3.63, 3.8) is 0 Å². The van der Waals surface area contributed by atoms with Crippen LogP contribution in [0.2, 0.25) is 0 Å². The van der Waals surface area contributed by atoms with E-state index >= 15 is 0 Å². The van der Waals surface area contributed by atoms with Crippen LogP contribution in [0.25, 0.3) is 0 Å². The summed E-state index contributed by atoms with van der Waals surface area (Å²) in [7, 11) is 1.70. The van der Waals surface area contributed by atoms with Crippen molar-refractivity contribution in [2.45, 2.75) is 27.2 Å². The number of nitrogens with one attached hydrogen (secondary N) is 2. The maximum absolute atomic E-state index is 5.40. The van der Waals surface area contributed by atoms with Gasteiger partial charge < -0.3 is 15.4 Å². The molecule has 0 atom stereocenters. The average molecular weight is 328 g/mol. The van der Waals surface area contributed by atoms with Gasteiger partial charge in [0.1, 0.15) is 5.75 Å². The Morgan fingerprint density at radius 3 is 2.35 bits per heavy atom. The maximum atomic E-state index is 5.40. The standard InChI is InChI=1S/C19H24N2OS/c1-13-5-6-18(22-4)16(10-13)7-8-20-19(23)21-17-11-14(2)9-15(3)12-17/h5-6,9-12H,7-8H2,1-4H3,(H2,20,21,23). The van der Waals surface area contributed by atoms with Gasteiger partial charge in [0.05, 0.1) is 7.11 Å². The van der Waals surface area contributed by atoms with Gasteiger partial charge in [0, 0.05) is 12.2 Å². The van der Waals surface area contributed by atoms with E-state index in [1.807, 2.05) is 6.07 Å². The first-order valence-corrected chi connectivity index (χ1v) is 8.15. The zero-order valence-electron chi connectivity index (χ0n) is 14.2. The first kappa shape index (κ1) is 17.3. The zero-order valence-corrected chi connectivity index (χ0v) is 15.0. The second-order valence-corrected chi connectivity index (χ2v) is 6.23. The lowest BCUT2D eigenvalue weighted by atomic mass is 10.1. The third-order valence-electron chi connectivity index (χ3n) is 3.60. The first-order valence-electron chi connectivity index (χ1n) is 7.74. The monoisotopic (exact) mass is 328 g/mol. The lowest BCUT2D eigenvalue weighted by Gasteiger charge is -2.13. The van der Waals surface area contributed by atoms with Crippen LogP contribution in [-0.4, -0.2) is 18.8 Å². The summed E-state index contributed by atoms with van der Waals surface area (Å²) in [4.78, 5) is 0. The molecule has 0 saturated carbocycles. The molecule has 2 aromatic carbocycles. The van der Waals surface area contributed by atoms with E-state index in [2.05, 4.69) is 61.7 Å². The second kappa shape index (κ2) is 7.97. The van der Waals surface area contributed by atoms with Crippen LogP contribution in [0.1, 0.15) is 22.3 Å². The molecule has 3 nitrogen and oxygen atoms in total. The molecule has 0 heterocycles. The van der Waals surface area contributed by atoms with Crippen LogP contribution in [0.15, 0.2) is 36.4 Å². The van der Waals surface area contributed by atoms with Gasteiger partial charge in [-0.25, -0.2) is 0 Å². The molecular formula is C19H24N2OS. The van der Waals surface area contributed by atoms with Crippen molar-refractivity contribution >= 4 is 23.0 Å². The van der Waals surface area contributed by atoms with Gasteiger partial charge in [-0.15, -0.1) is 0 Å². The molecular weight excluding hydrogens is 304 g/mol. The molecule has 0 saturated heterocycles. The molecule has 0 fully saturated rings. The van der Waals surface area contributed by atoms with E-state index in [9.17, 15) is 0 Å². The average Bonchev–Trinajstić information content (AvgIpc) is 2.46. The molecule has 0 spiro atoms. The van der Waals surface area contributed by atoms with Crippen molar-refractivity contribution < 1.29 is 4.74 Å². The third kappa shape index (κ3) is 5.25. The van der Waals surface area contributed by atoms with Gasteiger partial charge >= 0.3 is 0 Å². The first-order chi connectivity index (χ1) is 11.0. The number of hydrogen-bond acceptors (Lipinski definition) is 2. The molecule has 2 aromatic rings. The van der Waals surface area contributed by atoms with Crippen LogP contribution >= 0.6 is 12.2 Å². The lowest BCUT2D eigenvalue weighted by Crippen LogP contribution is -2.30. The molecule has 2 N–H and O–H groups in total. The maximum Gasteiger partial charge on any atom is 0.170 e. The van der Waals surface area contributed by atoms with E-state index in [0.29, 0.717) is 5.11 Å². The summed E-state index contributed by atoms with van der Waals surface area (Å²) in [5.74, 6) is 0.922. The molecule has 0 unspecified atom stereocenters. The molecule has 0 aliphatic rings. The summed E-state index contributed by atoms with van der Waals surface area (Å²) in [6.07, 6.45) is 0.861. The number of thiocarbonyl (C=S) groups is 1. The molecule has 23 heavy (non-hydrogen) atoms. The highest BCUT2D eigenvalue weighted by atomic mass is 32.1. The number of anilines is 1. The summed E-state index contributed by atoms with van der Waals surface area (Å²) in [6, 6.07) is 12.5. The molecule has 122 valence electrons. The number of methoxy groups -OCH3 is 1. The topological polar surface area (TPSA) is 33.3 Å².